The van der Waals surface area contributed by atoms with Crippen LogP contribution in [0.25, 0.3) is 0 Å². The van der Waals surface area contributed by atoms with Crippen molar-refractivity contribution in [3.05, 3.63) is 69.0 Å². The molecule has 0 aromatic heterocycles. The number of rotatable bonds is 3. The monoisotopic (exact) mass is 295 g/mol. The molecule has 0 spiro atoms. The van der Waals surface area contributed by atoms with Crippen molar-refractivity contribution in [3.63, 3.8) is 0 Å². The number of carbonyl (C=O) groups excluding carboxylic acids is 1. The topological polar surface area (TPSA) is 69.4 Å². The summed E-state index contributed by atoms with van der Waals surface area (Å²) in [7, 11) is 0. The molecule has 2 aromatic carbocycles. The van der Waals surface area contributed by atoms with Crippen LogP contribution in [0, 0.1) is 15.9 Å². The number of hydrogen-bond acceptors (Lipinski definition) is 4. The molecule has 0 saturated carbocycles. The van der Waals surface area contributed by atoms with E-state index in [9.17, 15) is 19.3 Å². The average molecular weight is 296 g/mol. The summed E-state index contributed by atoms with van der Waals surface area (Å²) in [5.74, 6) is -1.10. The van der Waals surface area contributed by atoms with Crippen molar-refractivity contribution < 1.29 is 18.8 Å². The van der Waals surface area contributed by atoms with Crippen molar-refractivity contribution in [2.45, 2.75) is 0 Å². The van der Waals surface area contributed by atoms with Gasteiger partial charge in [-0.3, -0.25) is 10.1 Å². The predicted octanol–water partition coefficient (Wildman–Crippen LogP) is 3.61. The molecule has 0 saturated heterocycles. The molecule has 0 aliphatic rings. The highest BCUT2D eigenvalue weighted by Gasteiger charge is 2.16. The van der Waals surface area contributed by atoms with E-state index in [1.807, 2.05) is 0 Å². The Morgan fingerprint density at radius 1 is 1.20 bits per heavy atom. The second-order valence-corrected chi connectivity index (χ2v) is 4.17. The van der Waals surface area contributed by atoms with Gasteiger partial charge in [-0.2, -0.15) is 0 Å². The van der Waals surface area contributed by atoms with Gasteiger partial charge in [0.25, 0.3) is 5.69 Å². The van der Waals surface area contributed by atoms with Crippen molar-refractivity contribution in [1.29, 1.82) is 0 Å². The zero-order chi connectivity index (χ0) is 14.7. The Morgan fingerprint density at radius 2 is 1.85 bits per heavy atom. The molecule has 7 heteroatoms. The van der Waals surface area contributed by atoms with Crippen molar-refractivity contribution >= 4 is 23.3 Å². The van der Waals surface area contributed by atoms with Gasteiger partial charge in [-0.25, -0.2) is 9.18 Å². The lowest BCUT2D eigenvalue weighted by Gasteiger charge is -2.05. The van der Waals surface area contributed by atoms with Gasteiger partial charge in [-0.1, -0.05) is 11.6 Å². The molecule has 20 heavy (non-hydrogen) atoms. The maximum atomic E-state index is 12.7. The fourth-order valence-corrected chi connectivity index (χ4v) is 1.70. The first-order valence-corrected chi connectivity index (χ1v) is 5.77. The zero-order valence-electron chi connectivity index (χ0n) is 9.88. The molecule has 102 valence electrons. The molecule has 0 aliphatic heterocycles. The van der Waals surface area contributed by atoms with Gasteiger partial charge in [0.05, 0.1) is 15.5 Å². The van der Waals surface area contributed by atoms with E-state index in [0.29, 0.717) is 0 Å². The molecule has 0 atom stereocenters. The molecule has 0 amide bonds. The molecule has 0 unspecified atom stereocenters. The zero-order valence-corrected chi connectivity index (χ0v) is 10.6. The molecule has 0 bridgehead atoms. The van der Waals surface area contributed by atoms with E-state index in [0.717, 1.165) is 24.3 Å². The Balaban J connectivity index is 2.21. The number of ether oxygens (including phenoxy) is 1. The first kappa shape index (κ1) is 14.0. The van der Waals surface area contributed by atoms with Gasteiger partial charge in [0.15, 0.2) is 0 Å². The van der Waals surface area contributed by atoms with Crippen LogP contribution >= 0.6 is 11.6 Å². The van der Waals surface area contributed by atoms with Crippen LogP contribution in [0.3, 0.4) is 0 Å². The molecule has 0 radical (unpaired) electrons. The molecule has 2 aromatic rings. The summed E-state index contributed by atoms with van der Waals surface area (Å²) in [5, 5.41) is 10.5. The lowest BCUT2D eigenvalue weighted by atomic mass is 10.2. The first-order chi connectivity index (χ1) is 9.47. The Labute approximate surface area is 117 Å². The number of nitrogens with zero attached hydrogens (tertiary/aromatic N) is 1. The summed E-state index contributed by atoms with van der Waals surface area (Å²) in [5.41, 5.74) is -0.241. The summed E-state index contributed by atoms with van der Waals surface area (Å²) in [6, 6.07) is 8.25. The highest BCUT2D eigenvalue weighted by atomic mass is 35.5. The minimum Gasteiger partial charge on any atom is -0.423 e. The summed E-state index contributed by atoms with van der Waals surface area (Å²) in [6.07, 6.45) is 0. The van der Waals surface area contributed by atoms with E-state index >= 15 is 0 Å². The van der Waals surface area contributed by atoms with Crippen LogP contribution in [0.5, 0.6) is 5.75 Å². The van der Waals surface area contributed by atoms with Gasteiger partial charge in [-0.05, 0) is 30.3 Å². The highest BCUT2D eigenvalue weighted by molar-refractivity contribution is 6.33. The van der Waals surface area contributed by atoms with Crippen LogP contribution in [0.4, 0.5) is 10.1 Å². The van der Waals surface area contributed by atoms with Crippen molar-refractivity contribution in [1.82, 2.24) is 0 Å². The van der Waals surface area contributed by atoms with E-state index in [1.165, 1.54) is 18.2 Å². The number of benzene rings is 2. The Morgan fingerprint density at radius 3 is 2.40 bits per heavy atom. The second kappa shape index (κ2) is 5.66. The second-order valence-electron chi connectivity index (χ2n) is 3.76. The van der Waals surface area contributed by atoms with Gasteiger partial charge < -0.3 is 4.74 Å². The third kappa shape index (κ3) is 3.10. The third-order valence-electron chi connectivity index (χ3n) is 2.41. The van der Waals surface area contributed by atoms with E-state index in [4.69, 9.17) is 16.3 Å². The maximum absolute atomic E-state index is 12.7. The van der Waals surface area contributed by atoms with E-state index in [2.05, 4.69) is 0 Å². The van der Waals surface area contributed by atoms with Gasteiger partial charge in [0.1, 0.15) is 11.6 Å². The van der Waals surface area contributed by atoms with Gasteiger partial charge in [0.2, 0.25) is 0 Å². The number of esters is 1. The minimum absolute atomic E-state index is 0.0124. The minimum atomic E-state index is -0.781. The van der Waals surface area contributed by atoms with E-state index in [-0.39, 0.29) is 22.0 Å². The maximum Gasteiger partial charge on any atom is 0.345 e. The summed E-state index contributed by atoms with van der Waals surface area (Å²) in [6.45, 7) is 0. The quantitative estimate of drug-likeness (QED) is 0.375. The third-order valence-corrected chi connectivity index (χ3v) is 2.72. The number of nitro benzene ring substituents is 1. The number of carbonyl (C=O) groups is 1. The number of hydrogen-bond donors (Lipinski definition) is 0. The lowest BCUT2D eigenvalue weighted by molar-refractivity contribution is -0.384. The standard InChI is InChI=1S/C13H7ClFNO4/c14-12-7-9(16(18)19)3-6-11(12)13(17)20-10-4-1-8(15)2-5-10/h1-7H. The van der Waals surface area contributed by atoms with Crippen LogP contribution in [0.2, 0.25) is 5.02 Å². The Hall–Kier alpha value is -2.47. The first-order valence-electron chi connectivity index (χ1n) is 5.39. The molecule has 0 heterocycles. The molecule has 0 N–H and O–H groups in total. The molecule has 0 aliphatic carbocycles. The van der Waals surface area contributed by atoms with Crippen LogP contribution < -0.4 is 4.74 Å². The normalized spacial score (nSPS) is 10.1. The van der Waals surface area contributed by atoms with Crippen LogP contribution in [0.1, 0.15) is 10.4 Å². The van der Waals surface area contributed by atoms with E-state index < -0.39 is 16.7 Å². The van der Waals surface area contributed by atoms with Gasteiger partial charge in [-0.15, -0.1) is 0 Å². The van der Waals surface area contributed by atoms with Crippen molar-refractivity contribution in [3.8, 4) is 5.75 Å². The lowest BCUT2D eigenvalue weighted by Crippen LogP contribution is -2.09. The average Bonchev–Trinajstić information content (AvgIpc) is 2.41. The molecule has 2 rings (SSSR count). The van der Waals surface area contributed by atoms with Crippen molar-refractivity contribution in [2.75, 3.05) is 0 Å². The smallest absolute Gasteiger partial charge is 0.345 e. The van der Waals surface area contributed by atoms with Crippen LogP contribution in [-0.4, -0.2) is 10.9 Å². The van der Waals surface area contributed by atoms with E-state index in [1.54, 1.807) is 0 Å². The molecule has 5 nitrogen and oxygen atoms in total. The largest absolute Gasteiger partial charge is 0.423 e. The fraction of sp³-hybridized carbons (Fsp3) is 0. The Bertz CT molecular complexity index is 673. The number of halogens is 2. The van der Waals surface area contributed by atoms with Crippen molar-refractivity contribution in [2.24, 2.45) is 0 Å². The highest BCUT2D eigenvalue weighted by Crippen LogP contribution is 2.24. The van der Waals surface area contributed by atoms with Crippen LogP contribution in [0.15, 0.2) is 42.5 Å². The molecular weight excluding hydrogens is 289 g/mol. The number of non-ortho nitro benzene ring substituents is 1. The SMILES string of the molecule is O=C(Oc1ccc(F)cc1)c1ccc([N+](=O)[O-])cc1Cl. The Kier molecular flexibility index (Phi) is 3.95. The summed E-state index contributed by atoms with van der Waals surface area (Å²) in [4.78, 5) is 21.8. The molecule has 0 fully saturated rings. The summed E-state index contributed by atoms with van der Waals surface area (Å²) < 4.78 is 17.7. The van der Waals surface area contributed by atoms with Crippen LogP contribution in [-0.2, 0) is 0 Å². The van der Waals surface area contributed by atoms with Gasteiger partial charge >= 0.3 is 5.97 Å². The fourth-order valence-electron chi connectivity index (χ4n) is 1.45. The summed E-state index contributed by atoms with van der Waals surface area (Å²) >= 11 is 5.79. The number of nitro groups is 1. The van der Waals surface area contributed by atoms with Gasteiger partial charge in [0, 0.05) is 12.1 Å². The molecular formula is C13H7ClFNO4. The predicted molar refractivity (Wildman–Crippen MR) is 69.5 cm³/mol.